The van der Waals surface area contributed by atoms with Gasteiger partial charge in [0.25, 0.3) is 0 Å². The van der Waals surface area contributed by atoms with Gasteiger partial charge in [0.2, 0.25) is 0 Å². The zero-order chi connectivity index (χ0) is 21.0. The average molecular weight is 445 g/mol. The summed E-state index contributed by atoms with van der Waals surface area (Å²) in [5.41, 5.74) is 1.83. The van der Waals surface area contributed by atoms with E-state index in [9.17, 15) is 15.3 Å². The molecular weight excluding hydrogens is 412 g/mol. The third kappa shape index (κ3) is 5.67. The molecule has 2 fully saturated rings. The number of rotatable bonds is 7. The van der Waals surface area contributed by atoms with Crippen LogP contribution in [0.1, 0.15) is 49.8 Å². The van der Waals surface area contributed by atoms with E-state index in [2.05, 4.69) is 0 Å². The highest BCUT2D eigenvalue weighted by Crippen LogP contribution is 2.36. The van der Waals surface area contributed by atoms with Crippen LogP contribution >= 0.6 is 23.4 Å². The first-order chi connectivity index (χ1) is 13.9. The highest BCUT2D eigenvalue weighted by atomic mass is 35.5. The molecule has 1 saturated heterocycles. The predicted octanol–water partition coefficient (Wildman–Crippen LogP) is 3.36. The summed E-state index contributed by atoms with van der Waals surface area (Å²) in [6, 6.07) is 5.67. The van der Waals surface area contributed by atoms with Crippen molar-refractivity contribution in [3.05, 3.63) is 34.3 Å². The van der Waals surface area contributed by atoms with Crippen molar-refractivity contribution in [2.24, 2.45) is 5.92 Å². The highest BCUT2D eigenvalue weighted by molar-refractivity contribution is 7.98. The van der Waals surface area contributed by atoms with Gasteiger partial charge in [0.15, 0.2) is 0 Å². The molecule has 29 heavy (non-hydrogen) atoms. The van der Waals surface area contributed by atoms with Crippen molar-refractivity contribution in [1.29, 1.82) is 0 Å². The smallest absolute Gasteiger partial charge is 0.113 e. The van der Waals surface area contributed by atoms with Gasteiger partial charge in [0.05, 0.1) is 12.2 Å². The Morgan fingerprint density at radius 1 is 1.10 bits per heavy atom. The molecule has 1 aliphatic carbocycles. The first-order valence-electron chi connectivity index (χ1n) is 10.5. The fraction of sp³-hybridized carbons (Fsp3) is 0.727. The fourth-order valence-corrected chi connectivity index (χ4v) is 5.30. The van der Waals surface area contributed by atoms with E-state index in [-0.39, 0.29) is 0 Å². The Morgan fingerprint density at radius 3 is 2.48 bits per heavy atom. The highest BCUT2D eigenvalue weighted by Gasteiger charge is 2.44. The molecule has 0 spiro atoms. The number of ether oxygens (including phenoxy) is 2. The predicted molar refractivity (Wildman–Crippen MR) is 117 cm³/mol. The molecule has 164 valence electrons. The molecule has 5 atom stereocenters. The van der Waals surface area contributed by atoms with Crippen LogP contribution in [0.15, 0.2) is 18.2 Å². The third-order valence-electron chi connectivity index (χ3n) is 6.15. The summed E-state index contributed by atoms with van der Waals surface area (Å²) in [5.74, 6) is 1.11. The third-order valence-corrected chi connectivity index (χ3v) is 7.18. The Kier molecular flexibility index (Phi) is 8.69. The zero-order valence-electron chi connectivity index (χ0n) is 17.2. The summed E-state index contributed by atoms with van der Waals surface area (Å²) >= 11 is 8.01. The molecule has 0 radical (unpaired) electrons. The molecule has 2 aliphatic rings. The Bertz CT molecular complexity index is 652. The van der Waals surface area contributed by atoms with E-state index >= 15 is 0 Å². The summed E-state index contributed by atoms with van der Waals surface area (Å²) in [7, 11) is 0. The summed E-state index contributed by atoms with van der Waals surface area (Å²) in [4.78, 5) is 0. The van der Waals surface area contributed by atoms with Gasteiger partial charge in [-0.2, -0.15) is 11.8 Å². The monoisotopic (exact) mass is 444 g/mol. The molecule has 0 aromatic heterocycles. The second-order valence-electron chi connectivity index (χ2n) is 8.18. The molecule has 0 unspecified atom stereocenters. The van der Waals surface area contributed by atoms with Crippen LogP contribution in [-0.4, -0.2) is 64.5 Å². The van der Waals surface area contributed by atoms with Gasteiger partial charge in [-0.25, -0.2) is 0 Å². The molecule has 0 bridgehead atoms. The molecule has 5 nitrogen and oxygen atoms in total. The van der Waals surface area contributed by atoms with Gasteiger partial charge >= 0.3 is 0 Å². The quantitative estimate of drug-likeness (QED) is 0.598. The van der Waals surface area contributed by atoms with Gasteiger partial charge in [-0.15, -0.1) is 0 Å². The van der Waals surface area contributed by atoms with Gasteiger partial charge in [-0.05, 0) is 68.4 Å². The van der Waals surface area contributed by atoms with Crippen LogP contribution in [0.4, 0.5) is 0 Å². The van der Waals surface area contributed by atoms with Gasteiger partial charge in [-0.3, -0.25) is 0 Å². The van der Waals surface area contributed by atoms with Gasteiger partial charge in [0, 0.05) is 17.4 Å². The minimum Gasteiger partial charge on any atom is -0.388 e. The molecule has 1 saturated carbocycles. The number of thioether (sulfide) groups is 1. The van der Waals surface area contributed by atoms with Crippen LogP contribution in [-0.2, 0) is 15.9 Å². The molecule has 1 heterocycles. The number of aliphatic hydroxyl groups is 3. The van der Waals surface area contributed by atoms with Crippen LogP contribution in [0.2, 0.25) is 5.02 Å². The molecule has 0 amide bonds. The number of hydrogen-bond acceptors (Lipinski definition) is 6. The normalized spacial score (nSPS) is 35.6. The maximum absolute atomic E-state index is 10.5. The topological polar surface area (TPSA) is 79.2 Å². The zero-order valence-corrected chi connectivity index (χ0v) is 18.7. The van der Waals surface area contributed by atoms with Crippen LogP contribution in [0.5, 0.6) is 0 Å². The summed E-state index contributed by atoms with van der Waals surface area (Å²) < 4.78 is 11.7. The van der Waals surface area contributed by atoms with Crippen LogP contribution in [0.3, 0.4) is 0 Å². The fourth-order valence-electron chi connectivity index (χ4n) is 4.51. The van der Waals surface area contributed by atoms with Crippen molar-refractivity contribution in [3.8, 4) is 0 Å². The summed E-state index contributed by atoms with van der Waals surface area (Å²) in [6.45, 7) is 2.81. The molecule has 7 heteroatoms. The van der Waals surface area contributed by atoms with Crippen molar-refractivity contribution in [2.45, 2.75) is 75.7 Å². The molecule has 1 aliphatic heterocycles. The lowest BCUT2D eigenvalue weighted by atomic mass is 9.82. The van der Waals surface area contributed by atoms with E-state index < -0.39 is 30.5 Å². The minimum absolute atomic E-state index is 0.380. The average Bonchev–Trinajstić information content (AvgIpc) is 2.72. The minimum atomic E-state index is -1.24. The first kappa shape index (κ1) is 23.3. The number of halogens is 1. The molecule has 3 rings (SSSR count). The molecular formula is C22H33ClO5S. The largest absolute Gasteiger partial charge is 0.388 e. The summed E-state index contributed by atoms with van der Waals surface area (Å²) in [6.07, 6.45) is 2.86. The number of hydrogen-bond donors (Lipinski definition) is 3. The Morgan fingerprint density at radius 2 is 1.83 bits per heavy atom. The maximum Gasteiger partial charge on any atom is 0.113 e. The van der Waals surface area contributed by atoms with Gasteiger partial charge < -0.3 is 24.8 Å². The maximum atomic E-state index is 10.5. The Labute approximate surface area is 182 Å². The van der Waals surface area contributed by atoms with Gasteiger partial charge in [-0.1, -0.05) is 23.7 Å². The lowest BCUT2D eigenvalue weighted by Gasteiger charge is -2.41. The SMILES string of the molecule is CCOC1CCC(Cc2cc([C@@H]3O[C@H](CSC)[C@@H](O)[C@H](O)[C@H]3O)ccc2Cl)CC1. The van der Waals surface area contributed by atoms with Crippen molar-refractivity contribution in [2.75, 3.05) is 18.6 Å². The molecule has 1 aromatic rings. The van der Waals surface area contributed by atoms with Crippen LogP contribution < -0.4 is 0 Å². The van der Waals surface area contributed by atoms with Gasteiger partial charge in [0.1, 0.15) is 24.4 Å². The van der Waals surface area contributed by atoms with Crippen molar-refractivity contribution >= 4 is 23.4 Å². The Balaban J connectivity index is 1.71. The number of benzene rings is 1. The van der Waals surface area contributed by atoms with E-state index in [1.807, 2.05) is 31.4 Å². The lowest BCUT2D eigenvalue weighted by molar-refractivity contribution is -0.218. The number of aliphatic hydroxyl groups excluding tert-OH is 3. The van der Waals surface area contributed by atoms with E-state index in [0.29, 0.717) is 22.8 Å². The van der Waals surface area contributed by atoms with Crippen LogP contribution in [0, 0.1) is 5.92 Å². The van der Waals surface area contributed by atoms with Crippen LogP contribution in [0.25, 0.3) is 0 Å². The standard InChI is InChI=1S/C22H33ClO5S/c1-3-27-16-7-4-13(5-8-16)10-15-11-14(6-9-17(15)23)22-21(26)20(25)19(24)18(28-22)12-29-2/h6,9,11,13,16,18-22,24-26H,3-5,7-8,10,12H2,1-2H3/t13?,16?,18-,19-,20+,21-,22+/m1/s1. The van der Waals surface area contributed by atoms with E-state index in [1.165, 1.54) is 11.8 Å². The van der Waals surface area contributed by atoms with E-state index in [0.717, 1.165) is 49.8 Å². The van der Waals surface area contributed by atoms with Crippen molar-refractivity contribution in [1.82, 2.24) is 0 Å². The molecule has 3 N–H and O–H groups in total. The van der Waals surface area contributed by atoms with Crippen molar-refractivity contribution in [3.63, 3.8) is 0 Å². The second kappa shape index (κ2) is 10.8. The lowest BCUT2D eigenvalue weighted by Crippen LogP contribution is -2.54. The summed E-state index contributed by atoms with van der Waals surface area (Å²) in [5, 5.41) is 31.7. The Hall–Kier alpha value is -0.340. The van der Waals surface area contributed by atoms with Crippen molar-refractivity contribution < 1.29 is 24.8 Å². The van der Waals surface area contributed by atoms with E-state index in [1.54, 1.807) is 0 Å². The second-order valence-corrected chi connectivity index (χ2v) is 9.49. The van der Waals surface area contributed by atoms with E-state index in [4.69, 9.17) is 21.1 Å². The molecule has 1 aromatic carbocycles. The first-order valence-corrected chi connectivity index (χ1v) is 12.3.